The third kappa shape index (κ3) is 4.91. The van der Waals surface area contributed by atoms with Crippen LogP contribution in [0.3, 0.4) is 0 Å². The van der Waals surface area contributed by atoms with Crippen molar-refractivity contribution in [2.45, 2.75) is 38.5 Å². The lowest BCUT2D eigenvalue weighted by Gasteiger charge is -2.22. The summed E-state index contributed by atoms with van der Waals surface area (Å²) in [6, 6.07) is 66.9. The summed E-state index contributed by atoms with van der Waals surface area (Å²) in [6.07, 6.45) is 0. The van der Waals surface area contributed by atoms with Crippen molar-refractivity contribution < 1.29 is 4.42 Å². The second-order valence-corrected chi connectivity index (χ2v) is 18.4. The Morgan fingerprint density at radius 2 is 0.887 bits per heavy atom. The number of nitrogens with zero attached hydrogens (tertiary/aromatic N) is 2. The monoisotopic (exact) mass is 794 g/mol. The lowest BCUT2D eigenvalue weighted by Crippen LogP contribution is -2.15. The van der Waals surface area contributed by atoms with E-state index in [0.717, 1.165) is 61.2 Å². The predicted octanol–water partition coefficient (Wildman–Crippen LogP) is 15.7. The molecule has 3 heterocycles. The topological polar surface area (TPSA) is 31.0 Å². The van der Waals surface area contributed by atoms with Crippen LogP contribution in [0.2, 0.25) is 0 Å². The van der Waals surface area contributed by atoms with E-state index < -0.39 is 0 Å². The molecule has 0 fully saturated rings. The number of pyridine rings is 1. The Morgan fingerprint density at radius 3 is 1.63 bits per heavy atom. The Balaban J connectivity index is 1.02. The Hall–Kier alpha value is -7.49. The minimum Gasteiger partial charge on any atom is -0.456 e. The number of fused-ring (bicyclic) bond motifs is 12. The molecule has 0 saturated carbocycles. The van der Waals surface area contributed by atoms with Gasteiger partial charge in [0.2, 0.25) is 0 Å². The van der Waals surface area contributed by atoms with Crippen LogP contribution in [0.25, 0.3) is 105 Å². The highest BCUT2D eigenvalue weighted by atomic mass is 16.3. The lowest BCUT2D eigenvalue weighted by molar-refractivity contribution is 0.660. The normalized spacial score (nSPS) is 14.4. The maximum absolute atomic E-state index is 6.19. The average Bonchev–Trinajstić information content (AvgIpc) is 3.99. The second kappa shape index (κ2) is 12.5. The molecule has 8 aromatic carbocycles. The number of hydrogen-bond acceptors (Lipinski definition) is 2. The summed E-state index contributed by atoms with van der Waals surface area (Å²) in [5.74, 6) is 0.897. The van der Waals surface area contributed by atoms with Gasteiger partial charge in [-0.3, -0.25) is 4.57 Å². The standard InChI is InChI=1S/C59H42N2O/c1-58(2)48-17-9-5-13-40(48)42-25-21-37(31-50(42)58)39-33-52(38-22-26-43-41-14-6-10-18-49(41)59(3,4)51(43)32-38)60-57(34-39)61-53-19-11-7-15-44(53)46-29-35(23-27-54(46)61)36-24-28-56-47(30-36)45-16-8-12-20-55(45)62-56/h5-34H,1-4H3. The van der Waals surface area contributed by atoms with Gasteiger partial charge < -0.3 is 4.42 Å². The SMILES string of the molecule is CC1(C)c2ccccc2-c2ccc(-c3cc(-c4ccc5c(c4)C(C)(C)c4ccccc4-5)nc(-n4c5ccccc5c5cc(-c6ccc7oc8ccccc8c7c6)ccc54)c3)cc21. The summed E-state index contributed by atoms with van der Waals surface area (Å²) in [7, 11) is 0. The molecule has 62 heavy (non-hydrogen) atoms. The van der Waals surface area contributed by atoms with Gasteiger partial charge in [0.15, 0.2) is 0 Å². The van der Waals surface area contributed by atoms with Gasteiger partial charge in [0.05, 0.1) is 16.7 Å². The predicted molar refractivity (Wildman–Crippen MR) is 257 cm³/mol. The molecule has 0 spiro atoms. The smallest absolute Gasteiger partial charge is 0.138 e. The molecule has 3 aromatic heterocycles. The van der Waals surface area contributed by atoms with E-state index in [1.165, 1.54) is 66.4 Å². The van der Waals surface area contributed by atoms with E-state index in [9.17, 15) is 0 Å². The van der Waals surface area contributed by atoms with Crippen molar-refractivity contribution in [2.75, 3.05) is 0 Å². The van der Waals surface area contributed by atoms with Gasteiger partial charge in [-0.05, 0) is 127 Å². The Morgan fingerprint density at radius 1 is 0.371 bits per heavy atom. The zero-order valence-electron chi connectivity index (χ0n) is 35.1. The first-order valence-electron chi connectivity index (χ1n) is 21.7. The average molecular weight is 795 g/mol. The molecule has 0 N–H and O–H groups in total. The maximum Gasteiger partial charge on any atom is 0.138 e. The molecular weight excluding hydrogens is 753 g/mol. The maximum atomic E-state index is 6.19. The van der Waals surface area contributed by atoms with Crippen molar-refractivity contribution in [1.82, 2.24) is 9.55 Å². The molecule has 2 aliphatic carbocycles. The zero-order chi connectivity index (χ0) is 41.5. The summed E-state index contributed by atoms with van der Waals surface area (Å²) >= 11 is 0. The molecule has 0 bridgehead atoms. The van der Waals surface area contributed by atoms with Crippen molar-refractivity contribution in [1.29, 1.82) is 0 Å². The Bertz CT molecular complexity index is 3580. The highest BCUT2D eigenvalue weighted by Crippen LogP contribution is 2.51. The van der Waals surface area contributed by atoms with Crippen LogP contribution < -0.4 is 0 Å². The van der Waals surface area contributed by atoms with Crippen LogP contribution >= 0.6 is 0 Å². The molecule has 0 saturated heterocycles. The van der Waals surface area contributed by atoms with Crippen LogP contribution in [0.15, 0.2) is 186 Å². The van der Waals surface area contributed by atoms with Gasteiger partial charge in [0.1, 0.15) is 17.0 Å². The van der Waals surface area contributed by atoms with Crippen LogP contribution in [0.5, 0.6) is 0 Å². The molecule has 0 radical (unpaired) electrons. The third-order valence-electron chi connectivity index (χ3n) is 14.2. The highest BCUT2D eigenvalue weighted by Gasteiger charge is 2.37. The van der Waals surface area contributed by atoms with Gasteiger partial charge in [-0.2, -0.15) is 0 Å². The molecule has 11 aromatic rings. The van der Waals surface area contributed by atoms with E-state index in [1.54, 1.807) is 0 Å². The van der Waals surface area contributed by atoms with Gasteiger partial charge >= 0.3 is 0 Å². The van der Waals surface area contributed by atoms with Crippen LogP contribution in [0.1, 0.15) is 49.9 Å². The molecule has 13 rings (SSSR count). The van der Waals surface area contributed by atoms with Crippen molar-refractivity contribution in [2.24, 2.45) is 0 Å². The summed E-state index contributed by atoms with van der Waals surface area (Å²) in [6.45, 7) is 9.42. The number of aromatic nitrogens is 2. The van der Waals surface area contributed by atoms with Crippen molar-refractivity contribution in [3.05, 3.63) is 204 Å². The fourth-order valence-corrected chi connectivity index (χ4v) is 11.0. The molecule has 3 heteroatoms. The minimum atomic E-state index is -0.122. The van der Waals surface area contributed by atoms with Crippen molar-refractivity contribution >= 4 is 43.7 Å². The molecule has 0 aliphatic heterocycles. The molecule has 0 unspecified atom stereocenters. The number of para-hydroxylation sites is 2. The molecule has 2 aliphatic rings. The summed E-state index contributed by atoms with van der Waals surface area (Å²) in [5.41, 5.74) is 21.3. The fourth-order valence-electron chi connectivity index (χ4n) is 11.0. The highest BCUT2D eigenvalue weighted by molar-refractivity contribution is 6.11. The van der Waals surface area contributed by atoms with Gasteiger partial charge in [0, 0.05) is 37.9 Å². The van der Waals surface area contributed by atoms with Gasteiger partial charge in [-0.1, -0.05) is 149 Å². The van der Waals surface area contributed by atoms with Crippen LogP contribution in [-0.2, 0) is 10.8 Å². The van der Waals surface area contributed by atoms with E-state index >= 15 is 0 Å². The molecular formula is C59H42N2O. The first-order chi connectivity index (χ1) is 30.2. The third-order valence-corrected chi connectivity index (χ3v) is 14.2. The number of benzene rings is 8. The van der Waals surface area contributed by atoms with Gasteiger partial charge in [-0.25, -0.2) is 4.98 Å². The first-order valence-corrected chi connectivity index (χ1v) is 21.7. The Kier molecular flexibility index (Phi) is 7.13. The van der Waals surface area contributed by atoms with Gasteiger partial charge in [0.25, 0.3) is 0 Å². The molecule has 0 amide bonds. The van der Waals surface area contributed by atoms with E-state index in [2.05, 4.69) is 202 Å². The van der Waals surface area contributed by atoms with E-state index in [1.807, 2.05) is 12.1 Å². The van der Waals surface area contributed by atoms with Crippen molar-refractivity contribution in [3.8, 4) is 61.6 Å². The largest absolute Gasteiger partial charge is 0.456 e. The first kappa shape index (κ1) is 35.3. The zero-order valence-corrected chi connectivity index (χ0v) is 35.1. The van der Waals surface area contributed by atoms with Crippen LogP contribution in [0, 0.1) is 0 Å². The summed E-state index contributed by atoms with van der Waals surface area (Å²) in [4.78, 5) is 5.62. The molecule has 294 valence electrons. The fraction of sp³-hybridized carbons (Fsp3) is 0.102. The van der Waals surface area contributed by atoms with E-state index in [-0.39, 0.29) is 10.8 Å². The van der Waals surface area contributed by atoms with E-state index in [4.69, 9.17) is 9.40 Å². The number of rotatable bonds is 4. The molecule has 0 atom stereocenters. The number of hydrogen-bond donors (Lipinski definition) is 0. The van der Waals surface area contributed by atoms with Crippen LogP contribution in [-0.4, -0.2) is 9.55 Å². The van der Waals surface area contributed by atoms with Gasteiger partial charge in [-0.15, -0.1) is 0 Å². The summed E-state index contributed by atoms with van der Waals surface area (Å²) in [5, 5.41) is 4.66. The summed E-state index contributed by atoms with van der Waals surface area (Å²) < 4.78 is 8.56. The van der Waals surface area contributed by atoms with Crippen molar-refractivity contribution in [3.63, 3.8) is 0 Å². The molecule has 3 nitrogen and oxygen atoms in total. The second-order valence-electron chi connectivity index (χ2n) is 18.4. The lowest BCUT2D eigenvalue weighted by atomic mass is 9.81. The number of furan rings is 1. The quantitative estimate of drug-likeness (QED) is 0.178. The Labute approximate surface area is 360 Å². The van der Waals surface area contributed by atoms with E-state index in [0.29, 0.717) is 0 Å². The minimum absolute atomic E-state index is 0.110. The van der Waals surface area contributed by atoms with Crippen LogP contribution in [0.4, 0.5) is 0 Å².